The predicted octanol–water partition coefficient (Wildman–Crippen LogP) is 1.04. The molecule has 4 nitrogen and oxygen atoms in total. The van der Waals surface area contributed by atoms with Crippen molar-refractivity contribution < 1.29 is 13.3 Å². The summed E-state index contributed by atoms with van der Waals surface area (Å²) < 4.78 is 25.9. The number of aryl methyl sites for hydroxylation is 1. The van der Waals surface area contributed by atoms with Crippen LogP contribution in [0.5, 0.6) is 0 Å². The molecule has 2 aromatic heterocycles. The molecule has 0 aromatic carbocycles. The fourth-order valence-corrected chi connectivity index (χ4v) is 1.02. The smallest absolute Gasteiger partial charge is 0.271 e. The lowest BCUT2D eigenvalue weighted by molar-refractivity contribution is -0.656. The number of anilines is 2. The highest BCUT2D eigenvalue weighted by molar-refractivity contribution is 5.34. The molecule has 0 aliphatic carbocycles. The molecule has 0 unspecified atom stereocenters. The van der Waals surface area contributed by atoms with Crippen LogP contribution in [-0.2, 0) is 7.05 Å². The van der Waals surface area contributed by atoms with E-state index in [1.165, 1.54) is 0 Å². The second kappa shape index (κ2) is 5.74. The van der Waals surface area contributed by atoms with Gasteiger partial charge in [-0.1, -0.05) is 6.07 Å². The molecule has 0 saturated carbocycles. The van der Waals surface area contributed by atoms with Crippen LogP contribution in [0.1, 0.15) is 0 Å². The molecule has 0 bridgehead atoms. The van der Waals surface area contributed by atoms with Crippen molar-refractivity contribution >= 4 is 11.5 Å². The fraction of sp³-hybridized carbons (Fsp3) is 0.0909. The standard InChI is InChI=1S/C6H8N2.C5H4F2N2/c1-8-5-3-2-4-6(8)7;6-4-1-3(8)2-5(7)9-4/h2-5,7H,1H3;1-2H,(H2,8,9)/p+1. The van der Waals surface area contributed by atoms with Gasteiger partial charge in [-0.25, -0.2) is 4.57 Å². The van der Waals surface area contributed by atoms with Gasteiger partial charge in [0.1, 0.15) is 0 Å². The van der Waals surface area contributed by atoms with Gasteiger partial charge < -0.3 is 5.73 Å². The van der Waals surface area contributed by atoms with Crippen LogP contribution < -0.4 is 16.0 Å². The Morgan fingerprint density at radius 1 is 1.12 bits per heavy atom. The number of hydrogen-bond donors (Lipinski definition) is 2. The molecule has 4 N–H and O–H groups in total. The Morgan fingerprint density at radius 3 is 2.06 bits per heavy atom. The highest BCUT2D eigenvalue weighted by Gasteiger charge is 1.96. The van der Waals surface area contributed by atoms with Crippen LogP contribution in [0, 0.1) is 11.9 Å². The minimum absolute atomic E-state index is 0.0417. The molecular formula is C11H13F2N4+. The average Bonchev–Trinajstić information content (AvgIpc) is 2.21. The number of aromatic nitrogens is 2. The van der Waals surface area contributed by atoms with Crippen LogP contribution in [0.15, 0.2) is 36.5 Å². The van der Waals surface area contributed by atoms with E-state index in [-0.39, 0.29) is 5.69 Å². The molecule has 0 aliphatic heterocycles. The highest BCUT2D eigenvalue weighted by atomic mass is 19.1. The van der Waals surface area contributed by atoms with E-state index in [1.807, 2.05) is 36.0 Å². The van der Waals surface area contributed by atoms with Crippen molar-refractivity contribution in [2.75, 3.05) is 11.5 Å². The third-order valence-corrected chi connectivity index (χ3v) is 1.88. The molecule has 2 heterocycles. The average molecular weight is 239 g/mol. The van der Waals surface area contributed by atoms with E-state index in [0.29, 0.717) is 0 Å². The number of nitrogen functional groups attached to an aromatic ring is 2. The van der Waals surface area contributed by atoms with Crippen molar-refractivity contribution in [3.63, 3.8) is 0 Å². The Kier molecular flexibility index (Phi) is 4.33. The van der Waals surface area contributed by atoms with Gasteiger partial charge in [-0.3, -0.25) is 5.73 Å². The molecule has 6 heteroatoms. The second-order valence-electron chi connectivity index (χ2n) is 3.28. The van der Waals surface area contributed by atoms with Gasteiger partial charge in [-0.05, 0) is 6.07 Å². The maximum Gasteiger partial charge on any atom is 0.271 e. The Bertz CT molecular complexity index is 431. The van der Waals surface area contributed by atoms with E-state index in [2.05, 4.69) is 4.98 Å². The largest absolute Gasteiger partial charge is 0.398 e. The summed E-state index contributed by atoms with van der Waals surface area (Å²) in [6.07, 6.45) is 1.91. The van der Waals surface area contributed by atoms with E-state index in [4.69, 9.17) is 11.5 Å². The first kappa shape index (κ1) is 12.8. The summed E-state index contributed by atoms with van der Waals surface area (Å²) in [7, 11) is 1.91. The highest BCUT2D eigenvalue weighted by Crippen LogP contribution is 2.03. The van der Waals surface area contributed by atoms with Crippen molar-refractivity contribution in [2.24, 2.45) is 7.05 Å². The minimum atomic E-state index is -0.896. The summed E-state index contributed by atoms with van der Waals surface area (Å²) in [6, 6.07) is 7.61. The SMILES string of the molecule is C[n+]1ccccc1N.Nc1cc(F)nc(F)c1. The van der Waals surface area contributed by atoms with E-state index < -0.39 is 11.9 Å². The Balaban J connectivity index is 0.000000171. The van der Waals surface area contributed by atoms with Crippen molar-refractivity contribution in [3.8, 4) is 0 Å². The van der Waals surface area contributed by atoms with Crippen LogP contribution in [0.25, 0.3) is 0 Å². The van der Waals surface area contributed by atoms with E-state index in [0.717, 1.165) is 18.0 Å². The second-order valence-corrected chi connectivity index (χ2v) is 3.28. The molecule has 90 valence electrons. The summed E-state index contributed by atoms with van der Waals surface area (Å²) in [4.78, 5) is 2.82. The summed E-state index contributed by atoms with van der Waals surface area (Å²) in [5, 5.41) is 0. The molecule has 0 spiro atoms. The zero-order valence-electron chi connectivity index (χ0n) is 9.27. The molecule has 0 amide bonds. The molecule has 0 radical (unpaired) electrons. The molecule has 2 aromatic rings. The lowest BCUT2D eigenvalue weighted by atomic mass is 10.4. The molecule has 0 saturated heterocycles. The summed E-state index contributed by atoms with van der Waals surface area (Å²) in [5.74, 6) is -1.01. The van der Waals surface area contributed by atoms with Gasteiger partial charge in [-0.15, -0.1) is 0 Å². The third kappa shape index (κ3) is 4.42. The van der Waals surface area contributed by atoms with Crippen LogP contribution >= 0.6 is 0 Å². The number of hydrogen-bond acceptors (Lipinski definition) is 3. The van der Waals surface area contributed by atoms with Crippen LogP contribution in [0.2, 0.25) is 0 Å². The van der Waals surface area contributed by atoms with Crippen molar-refractivity contribution in [3.05, 3.63) is 48.4 Å². The monoisotopic (exact) mass is 239 g/mol. The van der Waals surface area contributed by atoms with Gasteiger partial charge in [-0.2, -0.15) is 13.8 Å². The van der Waals surface area contributed by atoms with Crippen molar-refractivity contribution in [2.45, 2.75) is 0 Å². The lowest BCUT2D eigenvalue weighted by Crippen LogP contribution is -2.30. The Morgan fingerprint density at radius 2 is 1.71 bits per heavy atom. The Hall–Kier alpha value is -2.24. The van der Waals surface area contributed by atoms with Crippen molar-refractivity contribution in [1.82, 2.24) is 4.98 Å². The molecule has 0 aliphatic rings. The summed E-state index contributed by atoms with van der Waals surface area (Å²) in [5.41, 5.74) is 10.6. The van der Waals surface area contributed by atoms with Gasteiger partial charge in [0.2, 0.25) is 11.9 Å². The van der Waals surface area contributed by atoms with E-state index >= 15 is 0 Å². The first-order chi connectivity index (χ1) is 7.99. The predicted molar refractivity (Wildman–Crippen MR) is 60.6 cm³/mol. The Labute approximate surface area is 97.5 Å². The molecule has 2 rings (SSSR count). The first-order valence-electron chi connectivity index (χ1n) is 4.77. The van der Waals surface area contributed by atoms with Crippen LogP contribution in [0.3, 0.4) is 0 Å². The van der Waals surface area contributed by atoms with Gasteiger partial charge in [0.25, 0.3) is 5.82 Å². The number of halogens is 2. The normalized spacial score (nSPS) is 9.35. The third-order valence-electron chi connectivity index (χ3n) is 1.88. The fourth-order valence-electron chi connectivity index (χ4n) is 1.02. The first-order valence-corrected chi connectivity index (χ1v) is 4.77. The molecular weight excluding hydrogens is 226 g/mol. The van der Waals surface area contributed by atoms with Gasteiger partial charge >= 0.3 is 0 Å². The van der Waals surface area contributed by atoms with Gasteiger partial charge in [0, 0.05) is 23.9 Å². The zero-order valence-corrected chi connectivity index (χ0v) is 9.27. The van der Waals surface area contributed by atoms with Gasteiger partial charge in [0.05, 0.1) is 13.2 Å². The minimum Gasteiger partial charge on any atom is -0.398 e. The number of pyridine rings is 2. The van der Waals surface area contributed by atoms with E-state index in [1.54, 1.807) is 0 Å². The topological polar surface area (TPSA) is 68.8 Å². The number of rotatable bonds is 0. The summed E-state index contributed by atoms with van der Waals surface area (Å²) in [6.45, 7) is 0. The van der Waals surface area contributed by atoms with Crippen LogP contribution in [0.4, 0.5) is 20.3 Å². The van der Waals surface area contributed by atoms with Crippen molar-refractivity contribution in [1.29, 1.82) is 0 Å². The summed E-state index contributed by atoms with van der Waals surface area (Å²) >= 11 is 0. The van der Waals surface area contributed by atoms with Gasteiger partial charge in [0.15, 0.2) is 0 Å². The molecule has 17 heavy (non-hydrogen) atoms. The zero-order chi connectivity index (χ0) is 12.8. The maximum atomic E-state index is 12.0. The molecule has 0 fully saturated rings. The maximum absolute atomic E-state index is 12.0. The van der Waals surface area contributed by atoms with E-state index in [9.17, 15) is 8.78 Å². The lowest BCUT2D eigenvalue weighted by Gasteiger charge is -1.90. The number of nitrogens with zero attached hydrogens (tertiary/aromatic N) is 2. The quantitative estimate of drug-likeness (QED) is 0.533. The van der Waals surface area contributed by atoms with Crippen LogP contribution in [-0.4, -0.2) is 4.98 Å². The molecule has 0 atom stereocenters. The number of nitrogens with two attached hydrogens (primary N) is 2.